The fraction of sp³-hybridized carbons (Fsp3) is 0.312. The number of aromatic nitrogens is 2. The number of halogens is 1. The molecule has 1 atom stereocenters. The molecule has 2 aromatic heterocycles. The maximum absolute atomic E-state index is 13.3. The van der Waals surface area contributed by atoms with Gasteiger partial charge in [-0.05, 0) is 30.7 Å². The third-order valence-electron chi connectivity index (χ3n) is 3.46. The molecule has 0 aliphatic carbocycles. The van der Waals surface area contributed by atoms with E-state index in [4.69, 9.17) is 0 Å². The van der Waals surface area contributed by atoms with Gasteiger partial charge in [0, 0.05) is 30.2 Å². The summed E-state index contributed by atoms with van der Waals surface area (Å²) in [7, 11) is 0. The molecule has 3 nitrogen and oxygen atoms in total. The Morgan fingerprint density at radius 3 is 3.05 bits per heavy atom. The van der Waals surface area contributed by atoms with Gasteiger partial charge in [0.25, 0.3) is 0 Å². The van der Waals surface area contributed by atoms with Crippen LogP contribution in [-0.2, 0) is 12.8 Å². The smallest absolute Gasteiger partial charge is 0.193 e. The highest BCUT2D eigenvalue weighted by atomic mass is 32.1. The van der Waals surface area contributed by atoms with Crippen LogP contribution in [0.4, 0.5) is 4.39 Å². The van der Waals surface area contributed by atoms with Gasteiger partial charge in [-0.3, -0.25) is 4.40 Å². The minimum Gasteiger partial charge on any atom is -0.314 e. The largest absolute Gasteiger partial charge is 0.314 e. The highest BCUT2D eigenvalue weighted by molar-refractivity contribution is 7.15. The Balaban J connectivity index is 1.73. The number of fused-ring (bicyclic) bond motifs is 1. The lowest BCUT2D eigenvalue weighted by Gasteiger charge is -2.17. The van der Waals surface area contributed by atoms with E-state index in [9.17, 15) is 4.39 Å². The van der Waals surface area contributed by atoms with E-state index in [1.54, 1.807) is 23.5 Å². The van der Waals surface area contributed by atoms with E-state index in [-0.39, 0.29) is 11.9 Å². The summed E-state index contributed by atoms with van der Waals surface area (Å²) in [5.41, 5.74) is 2.09. The lowest BCUT2D eigenvalue weighted by molar-refractivity contribution is 0.515. The summed E-state index contributed by atoms with van der Waals surface area (Å²) in [5, 5.41) is 5.50. The van der Waals surface area contributed by atoms with E-state index in [2.05, 4.69) is 23.4 Å². The lowest BCUT2D eigenvalue weighted by atomic mass is 10.0. The first-order valence-electron chi connectivity index (χ1n) is 7.13. The van der Waals surface area contributed by atoms with Gasteiger partial charge >= 0.3 is 0 Å². The predicted octanol–water partition coefficient (Wildman–Crippen LogP) is 3.30. The maximum atomic E-state index is 13.3. The summed E-state index contributed by atoms with van der Waals surface area (Å²) in [6.07, 6.45) is 5.74. The number of nitrogens with zero attached hydrogens (tertiary/aromatic N) is 2. The Labute approximate surface area is 127 Å². The lowest BCUT2D eigenvalue weighted by Crippen LogP contribution is -2.33. The van der Waals surface area contributed by atoms with E-state index in [1.807, 2.05) is 22.0 Å². The fourth-order valence-electron chi connectivity index (χ4n) is 2.58. The van der Waals surface area contributed by atoms with Crippen LogP contribution in [0.2, 0.25) is 0 Å². The summed E-state index contributed by atoms with van der Waals surface area (Å²) < 4.78 is 15.3. The third-order valence-corrected chi connectivity index (χ3v) is 4.23. The van der Waals surface area contributed by atoms with Gasteiger partial charge in [0.2, 0.25) is 0 Å². The molecule has 21 heavy (non-hydrogen) atoms. The molecule has 3 aromatic rings. The second kappa shape index (κ2) is 6.37. The molecule has 0 saturated carbocycles. The van der Waals surface area contributed by atoms with Crippen molar-refractivity contribution in [3.05, 3.63) is 59.1 Å². The molecule has 1 unspecified atom stereocenters. The van der Waals surface area contributed by atoms with Crippen molar-refractivity contribution >= 4 is 16.3 Å². The Morgan fingerprint density at radius 2 is 2.29 bits per heavy atom. The zero-order valence-corrected chi connectivity index (χ0v) is 12.7. The summed E-state index contributed by atoms with van der Waals surface area (Å²) in [6.45, 7) is 2.98. The van der Waals surface area contributed by atoms with Gasteiger partial charge in [0.1, 0.15) is 5.82 Å². The van der Waals surface area contributed by atoms with Crippen molar-refractivity contribution in [2.45, 2.75) is 25.8 Å². The second-order valence-corrected chi connectivity index (χ2v) is 5.99. The van der Waals surface area contributed by atoms with Gasteiger partial charge in [0.15, 0.2) is 4.96 Å². The van der Waals surface area contributed by atoms with Crippen molar-refractivity contribution in [2.24, 2.45) is 0 Å². The summed E-state index contributed by atoms with van der Waals surface area (Å²) in [6, 6.07) is 7.09. The third kappa shape index (κ3) is 3.49. The second-order valence-electron chi connectivity index (χ2n) is 5.12. The molecule has 2 heterocycles. The average Bonchev–Trinajstić information content (AvgIpc) is 3.00. The number of hydrogen-bond donors (Lipinski definition) is 1. The zero-order valence-electron chi connectivity index (χ0n) is 11.9. The van der Waals surface area contributed by atoms with Crippen molar-refractivity contribution in [3.63, 3.8) is 0 Å². The molecule has 1 aromatic carbocycles. The zero-order chi connectivity index (χ0) is 14.7. The number of hydrogen-bond acceptors (Lipinski definition) is 3. The molecule has 0 aliphatic rings. The monoisotopic (exact) mass is 303 g/mol. The van der Waals surface area contributed by atoms with Gasteiger partial charge in [0.05, 0.1) is 5.69 Å². The predicted molar refractivity (Wildman–Crippen MR) is 84.3 cm³/mol. The Morgan fingerprint density at radius 1 is 1.38 bits per heavy atom. The molecule has 0 radical (unpaired) electrons. The average molecular weight is 303 g/mol. The molecule has 0 saturated heterocycles. The standard InChI is InChI=1S/C16H18FN3S/c1-2-18-14(9-12-4-3-5-13(17)8-12)10-15-11-20-6-7-21-16(20)19-15/h3-8,11,14,18H,2,9-10H2,1H3. The molecule has 0 spiro atoms. The molecule has 1 N–H and O–H groups in total. The number of thiazole rings is 1. The molecule has 5 heteroatoms. The van der Waals surface area contributed by atoms with E-state index in [0.29, 0.717) is 0 Å². The van der Waals surface area contributed by atoms with Gasteiger partial charge in [-0.2, -0.15) is 0 Å². The molecule has 110 valence electrons. The number of likely N-dealkylation sites (N-methyl/N-ethyl adjacent to an activating group) is 1. The highest BCUT2D eigenvalue weighted by Gasteiger charge is 2.12. The molecule has 0 bridgehead atoms. The van der Waals surface area contributed by atoms with Crippen LogP contribution in [0.15, 0.2) is 42.0 Å². The minimum atomic E-state index is -0.176. The van der Waals surface area contributed by atoms with Crippen molar-refractivity contribution < 1.29 is 4.39 Å². The SMILES string of the molecule is CCNC(Cc1cccc(F)c1)Cc1cn2ccsc2n1. The van der Waals surface area contributed by atoms with Gasteiger partial charge in [-0.25, -0.2) is 9.37 Å². The van der Waals surface area contributed by atoms with Crippen molar-refractivity contribution in [1.82, 2.24) is 14.7 Å². The number of nitrogens with one attached hydrogen (secondary N) is 1. The first-order chi connectivity index (χ1) is 10.2. The van der Waals surface area contributed by atoms with Crippen LogP contribution in [-0.4, -0.2) is 22.0 Å². The minimum absolute atomic E-state index is 0.176. The van der Waals surface area contributed by atoms with Crippen molar-refractivity contribution in [2.75, 3.05) is 6.54 Å². The quantitative estimate of drug-likeness (QED) is 0.757. The van der Waals surface area contributed by atoms with Crippen molar-refractivity contribution in [1.29, 1.82) is 0 Å². The molecule has 0 aliphatic heterocycles. The van der Waals surface area contributed by atoms with Crippen LogP contribution in [0.5, 0.6) is 0 Å². The normalized spacial score (nSPS) is 12.9. The molecular weight excluding hydrogens is 285 g/mol. The van der Waals surface area contributed by atoms with Crippen LogP contribution in [0.3, 0.4) is 0 Å². The Kier molecular flexibility index (Phi) is 4.31. The Hall–Kier alpha value is -1.72. The van der Waals surface area contributed by atoms with E-state index in [0.717, 1.165) is 35.6 Å². The summed E-state index contributed by atoms with van der Waals surface area (Å²) in [4.78, 5) is 5.64. The van der Waals surface area contributed by atoms with Crippen LogP contribution in [0, 0.1) is 5.82 Å². The van der Waals surface area contributed by atoms with Crippen molar-refractivity contribution in [3.8, 4) is 0 Å². The first-order valence-corrected chi connectivity index (χ1v) is 8.01. The highest BCUT2D eigenvalue weighted by Crippen LogP contribution is 2.14. The van der Waals surface area contributed by atoms with Crippen LogP contribution >= 0.6 is 11.3 Å². The Bertz CT molecular complexity index is 690. The topological polar surface area (TPSA) is 29.3 Å². The summed E-state index contributed by atoms with van der Waals surface area (Å²) >= 11 is 1.64. The van der Waals surface area contributed by atoms with Crippen LogP contribution in [0.25, 0.3) is 4.96 Å². The molecule has 3 rings (SSSR count). The van der Waals surface area contributed by atoms with Gasteiger partial charge < -0.3 is 5.32 Å². The van der Waals surface area contributed by atoms with E-state index >= 15 is 0 Å². The fourth-order valence-corrected chi connectivity index (χ4v) is 3.30. The molecule has 0 amide bonds. The van der Waals surface area contributed by atoms with Gasteiger partial charge in [-0.1, -0.05) is 19.1 Å². The summed E-state index contributed by atoms with van der Waals surface area (Å²) in [5.74, 6) is -0.176. The van der Waals surface area contributed by atoms with Crippen LogP contribution < -0.4 is 5.32 Å². The van der Waals surface area contributed by atoms with E-state index < -0.39 is 0 Å². The number of benzene rings is 1. The molecule has 0 fully saturated rings. The van der Waals surface area contributed by atoms with Crippen LogP contribution in [0.1, 0.15) is 18.2 Å². The first kappa shape index (κ1) is 14.2. The number of rotatable bonds is 6. The number of imidazole rings is 1. The maximum Gasteiger partial charge on any atom is 0.193 e. The van der Waals surface area contributed by atoms with E-state index in [1.165, 1.54) is 6.07 Å². The van der Waals surface area contributed by atoms with Gasteiger partial charge in [-0.15, -0.1) is 11.3 Å². The molecular formula is C16H18FN3S.